The van der Waals surface area contributed by atoms with Gasteiger partial charge in [0.1, 0.15) is 13.2 Å². The molecule has 0 aliphatic heterocycles. The summed E-state index contributed by atoms with van der Waals surface area (Å²) in [5.74, 6) is -0.854. The van der Waals surface area contributed by atoms with Crippen molar-refractivity contribution in [2.45, 2.75) is 264 Å². The van der Waals surface area contributed by atoms with E-state index in [0.717, 1.165) is 57.8 Å². The van der Waals surface area contributed by atoms with Crippen LogP contribution in [0.3, 0.4) is 0 Å². The van der Waals surface area contributed by atoms with Gasteiger partial charge >= 0.3 is 17.9 Å². The highest BCUT2D eigenvalue weighted by atomic mass is 16.6. The summed E-state index contributed by atoms with van der Waals surface area (Å²) < 4.78 is 16.7. The van der Waals surface area contributed by atoms with Crippen LogP contribution in [0.2, 0.25) is 0 Å². The van der Waals surface area contributed by atoms with E-state index in [0.29, 0.717) is 19.3 Å². The van der Waals surface area contributed by atoms with Crippen LogP contribution in [0, 0.1) is 0 Å². The van der Waals surface area contributed by atoms with E-state index in [2.05, 4.69) is 20.8 Å². The van der Waals surface area contributed by atoms with Crippen molar-refractivity contribution in [2.75, 3.05) is 13.2 Å². The van der Waals surface area contributed by atoms with Crippen molar-refractivity contribution in [2.24, 2.45) is 0 Å². The minimum Gasteiger partial charge on any atom is -0.462 e. The maximum Gasteiger partial charge on any atom is 0.306 e. The number of hydrogen-bond donors (Lipinski definition) is 0. The van der Waals surface area contributed by atoms with Crippen molar-refractivity contribution < 1.29 is 28.6 Å². The summed E-state index contributed by atoms with van der Waals surface area (Å²) in [4.78, 5) is 37.6. The van der Waals surface area contributed by atoms with Crippen LogP contribution in [0.25, 0.3) is 0 Å². The molecule has 0 radical (unpaired) electrons. The van der Waals surface area contributed by atoms with Crippen molar-refractivity contribution in [1.29, 1.82) is 0 Å². The first-order chi connectivity index (χ1) is 25.5. The van der Waals surface area contributed by atoms with Gasteiger partial charge in [-0.2, -0.15) is 0 Å². The van der Waals surface area contributed by atoms with Gasteiger partial charge in [0.15, 0.2) is 6.10 Å². The third kappa shape index (κ3) is 39.6. The zero-order chi connectivity index (χ0) is 38.0. The van der Waals surface area contributed by atoms with E-state index in [9.17, 15) is 14.4 Å². The molecule has 308 valence electrons. The van der Waals surface area contributed by atoms with Crippen molar-refractivity contribution in [3.05, 3.63) is 0 Å². The summed E-state index contributed by atoms with van der Waals surface area (Å²) in [6.45, 7) is 6.63. The van der Waals surface area contributed by atoms with E-state index >= 15 is 0 Å². The van der Waals surface area contributed by atoms with Crippen LogP contribution in [-0.2, 0) is 28.6 Å². The van der Waals surface area contributed by atoms with Crippen molar-refractivity contribution in [1.82, 2.24) is 0 Å². The van der Waals surface area contributed by atoms with E-state index in [4.69, 9.17) is 14.2 Å². The largest absolute Gasteiger partial charge is 0.462 e. The molecule has 0 N–H and O–H groups in total. The Bertz CT molecular complexity index is 768. The van der Waals surface area contributed by atoms with E-state index in [1.165, 1.54) is 161 Å². The standard InChI is InChI=1S/C46H88O6/c1-4-7-10-13-16-19-21-23-25-27-30-33-36-39-45(48)51-42-43(41-50-44(47)38-35-32-29-18-15-12-9-6-3)52-46(49)40-37-34-31-28-26-24-22-20-17-14-11-8-5-2/h43H,4-42H2,1-3H3. The Morgan fingerprint density at radius 3 is 0.769 bits per heavy atom. The molecular weight excluding hydrogens is 648 g/mol. The first-order valence-corrected chi connectivity index (χ1v) is 23.0. The number of ether oxygens (including phenoxy) is 3. The fraction of sp³-hybridized carbons (Fsp3) is 0.935. The van der Waals surface area contributed by atoms with E-state index in [-0.39, 0.29) is 31.1 Å². The second kappa shape index (κ2) is 42.2. The summed E-state index contributed by atoms with van der Waals surface area (Å²) in [7, 11) is 0. The zero-order valence-corrected chi connectivity index (χ0v) is 35.1. The quantitative estimate of drug-likeness (QED) is 0.0353. The summed E-state index contributed by atoms with van der Waals surface area (Å²) in [6, 6.07) is 0. The van der Waals surface area contributed by atoms with Crippen LogP contribution in [0.5, 0.6) is 0 Å². The van der Waals surface area contributed by atoms with Crippen LogP contribution in [0.15, 0.2) is 0 Å². The lowest BCUT2D eigenvalue weighted by Gasteiger charge is -2.18. The molecule has 0 heterocycles. The van der Waals surface area contributed by atoms with E-state index < -0.39 is 6.10 Å². The molecule has 52 heavy (non-hydrogen) atoms. The number of esters is 3. The van der Waals surface area contributed by atoms with Gasteiger partial charge in [-0.3, -0.25) is 14.4 Å². The van der Waals surface area contributed by atoms with Gasteiger partial charge in [-0.05, 0) is 19.3 Å². The topological polar surface area (TPSA) is 78.9 Å². The SMILES string of the molecule is CCCCCCCCCCCCCCCC(=O)OCC(COC(=O)CCCCCCCCCC)OC(=O)CCCCCCCCCCCCCCC. The summed E-state index contributed by atoms with van der Waals surface area (Å²) in [6.07, 6.45) is 42.3. The van der Waals surface area contributed by atoms with Gasteiger partial charge in [-0.25, -0.2) is 0 Å². The van der Waals surface area contributed by atoms with Crippen LogP contribution in [0.1, 0.15) is 258 Å². The second-order valence-corrected chi connectivity index (χ2v) is 15.7. The lowest BCUT2D eigenvalue weighted by atomic mass is 10.0. The number of hydrogen-bond acceptors (Lipinski definition) is 6. The molecule has 0 aliphatic rings. The van der Waals surface area contributed by atoms with Crippen molar-refractivity contribution >= 4 is 17.9 Å². The maximum absolute atomic E-state index is 12.7. The van der Waals surface area contributed by atoms with Crippen LogP contribution >= 0.6 is 0 Å². The number of carbonyl (C=O) groups is 3. The average molecular weight is 737 g/mol. The molecule has 0 bridgehead atoms. The Kier molecular flexibility index (Phi) is 40.9. The normalized spacial score (nSPS) is 11.8. The van der Waals surface area contributed by atoms with Gasteiger partial charge in [-0.15, -0.1) is 0 Å². The predicted molar refractivity (Wildman–Crippen MR) is 220 cm³/mol. The third-order valence-electron chi connectivity index (χ3n) is 10.4. The molecular formula is C46H88O6. The van der Waals surface area contributed by atoms with Gasteiger partial charge in [0.25, 0.3) is 0 Å². The molecule has 0 spiro atoms. The van der Waals surface area contributed by atoms with Crippen molar-refractivity contribution in [3.63, 3.8) is 0 Å². The molecule has 0 aliphatic carbocycles. The Labute approximate surface area is 323 Å². The summed E-state index contributed by atoms with van der Waals surface area (Å²) >= 11 is 0. The molecule has 0 aromatic heterocycles. The molecule has 0 saturated heterocycles. The number of unbranched alkanes of at least 4 members (excludes halogenated alkanes) is 31. The van der Waals surface area contributed by atoms with Crippen LogP contribution in [-0.4, -0.2) is 37.2 Å². The molecule has 0 aromatic rings. The van der Waals surface area contributed by atoms with E-state index in [1.54, 1.807) is 0 Å². The van der Waals surface area contributed by atoms with Gasteiger partial charge < -0.3 is 14.2 Å². The maximum atomic E-state index is 12.7. The molecule has 1 atom stereocenters. The van der Waals surface area contributed by atoms with Crippen molar-refractivity contribution in [3.8, 4) is 0 Å². The Morgan fingerprint density at radius 1 is 0.308 bits per heavy atom. The monoisotopic (exact) mass is 737 g/mol. The summed E-state index contributed by atoms with van der Waals surface area (Å²) in [5, 5.41) is 0. The second-order valence-electron chi connectivity index (χ2n) is 15.7. The predicted octanol–water partition coefficient (Wildman–Crippen LogP) is 14.5. The molecule has 6 heteroatoms. The highest BCUT2D eigenvalue weighted by Crippen LogP contribution is 2.16. The minimum absolute atomic E-state index is 0.0628. The molecule has 0 saturated carbocycles. The van der Waals surface area contributed by atoms with Crippen LogP contribution < -0.4 is 0 Å². The molecule has 0 aromatic carbocycles. The zero-order valence-electron chi connectivity index (χ0n) is 35.1. The highest BCUT2D eigenvalue weighted by Gasteiger charge is 2.19. The van der Waals surface area contributed by atoms with Gasteiger partial charge in [-0.1, -0.05) is 220 Å². The fourth-order valence-electron chi connectivity index (χ4n) is 6.85. The minimum atomic E-state index is -0.757. The molecule has 0 rings (SSSR count). The van der Waals surface area contributed by atoms with Gasteiger partial charge in [0.05, 0.1) is 0 Å². The molecule has 0 fully saturated rings. The first kappa shape index (κ1) is 50.4. The Balaban J connectivity index is 4.28. The Hall–Kier alpha value is -1.59. The number of rotatable bonds is 42. The summed E-state index contributed by atoms with van der Waals surface area (Å²) in [5.41, 5.74) is 0. The average Bonchev–Trinajstić information content (AvgIpc) is 3.14. The van der Waals surface area contributed by atoms with Gasteiger partial charge in [0.2, 0.25) is 0 Å². The smallest absolute Gasteiger partial charge is 0.306 e. The molecule has 0 amide bonds. The lowest BCUT2D eigenvalue weighted by Crippen LogP contribution is -2.30. The van der Waals surface area contributed by atoms with E-state index in [1.807, 2.05) is 0 Å². The Morgan fingerprint density at radius 2 is 0.519 bits per heavy atom. The first-order valence-electron chi connectivity index (χ1n) is 23.0. The lowest BCUT2D eigenvalue weighted by molar-refractivity contribution is -0.167. The number of carbonyl (C=O) groups excluding carboxylic acids is 3. The third-order valence-corrected chi connectivity index (χ3v) is 10.4. The molecule has 6 nitrogen and oxygen atoms in total. The van der Waals surface area contributed by atoms with Crippen LogP contribution in [0.4, 0.5) is 0 Å². The molecule has 1 unspecified atom stereocenters. The highest BCUT2D eigenvalue weighted by molar-refractivity contribution is 5.71. The fourth-order valence-corrected chi connectivity index (χ4v) is 6.85. The van der Waals surface area contributed by atoms with Gasteiger partial charge in [0, 0.05) is 19.3 Å².